The predicted octanol–water partition coefficient (Wildman–Crippen LogP) is 5.38. The number of rotatable bonds is 3. The lowest BCUT2D eigenvalue weighted by atomic mass is 10.1. The van der Waals surface area contributed by atoms with Gasteiger partial charge in [-0.25, -0.2) is 4.98 Å². The zero-order valence-corrected chi connectivity index (χ0v) is 12.8. The minimum atomic E-state index is 0.437. The number of nitrogens with zero attached hydrogens (tertiary/aromatic N) is 1. The number of halogens is 1. The van der Waals surface area contributed by atoms with Crippen LogP contribution in [0.1, 0.15) is 16.7 Å². The monoisotopic (exact) mass is 297 g/mol. The number of benzene rings is 2. The van der Waals surface area contributed by atoms with E-state index >= 15 is 0 Å². The van der Waals surface area contributed by atoms with Crippen molar-refractivity contribution in [1.82, 2.24) is 4.98 Å². The Morgan fingerprint density at radius 3 is 2.62 bits per heavy atom. The molecule has 0 saturated carbocycles. The molecule has 0 aliphatic heterocycles. The number of aryl methyl sites for hydroxylation is 2. The van der Waals surface area contributed by atoms with Crippen LogP contribution in [0.5, 0.6) is 11.6 Å². The number of hydrogen-bond donors (Lipinski definition) is 0. The molecule has 0 saturated heterocycles. The summed E-state index contributed by atoms with van der Waals surface area (Å²) in [6.07, 6.45) is 0. The molecule has 0 N–H and O–H groups in total. The Balaban J connectivity index is 2.04. The number of aromatic nitrogens is 1. The van der Waals surface area contributed by atoms with Crippen LogP contribution in [-0.4, -0.2) is 4.98 Å². The molecule has 2 nitrogen and oxygen atoms in total. The molecule has 106 valence electrons. The molecule has 21 heavy (non-hydrogen) atoms. The topological polar surface area (TPSA) is 22.1 Å². The first-order valence-corrected chi connectivity index (χ1v) is 7.40. The van der Waals surface area contributed by atoms with Gasteiger partial charge in [0, 0.05) is 17.3 Å². The van der Waals surface area contributed by atoms with Gasteiger partial charge in [-0.15, -0.1) is 11.6 Å². The van der Waals surface area contributed by atoms with Crippen LogP contribution < -0.4 is 4.74 Å². The number of para-hydroxylation sites is 1. The molecule has 1 aromatic heterocycles. The van der Waals surface area contributed by atoms with Crippen molar-refractivity contribution >= 4 is 22.5 Å². The Labute approximate surface area is 129 Å². The molecule has 3 rings (SSSR count). The third-order valence-corrected chi connectivity index (χ3v) is 3.76. The summed E-state index contributed by atoms with van der Waals surface area (Å²) >= 11 is 6.05. The van der Waals surface area contributed by atoms with Crippen LogP contribution in [0.3, 0.4) is 0 Å². The van der Waals surface area contributed by atoms with Crippen molar-refractivity contribution in [1.29, 1.82) is 0 Å². The molecule has 0 aliphatic carbocycles. The highest BCUT2D eigenvalue weighted by atomic mass is 35.5. The molecule has 2 aromatic carbocycles. The first-order valence-electron chi connectivity index (χ1n) is 6.87. The van der Waals surface area contributed by atoms with Gasteiger partial charge in [0.2, 0.25) is 5.88 Å². The van der Waals surface area contributed by atoms with Gasteiger partial charge in [0.05, 0.1) is 5.52 Å². The summed E-state index contributed by atoms with van der Waals surface area (Å²) in [5, 5.41) is 1.07. The van der Waals surface area contributed by atoms with E-state index in [-0.39, 0.29) is 0 Å². The maximum Gasteiger partial charge on any atom is 0.220 e. The smallest absolute Gasteiger partial charge is 0.220 e. The number of hydrogen-bond acceptors (Lipinski definition) is 2. The lowest BCUT2D eigenvalue weighted by molar-refractivity contribution is 0.461. The second kappa shape index (κ2) is 5.74. The number of fused-ring (bicyclic) bond motifs is 1. The van der Waals surface area contributed by atoms with E-state index < -0.39 is 0 Å². The first kappa shape index (κ1) is 13.9. The fourth-order valence-corrected chi connectivity index (χ4v) is 2.63. The lowest BCUT2D eigenvalue weighted by Gasteiger charge is -2.11. The van der Waals surface area contributed by atoms with Gasteiger partial charge in [-0.2, -0.15) is 0 Å². The zero-order valence-electron chi connectivity index (χ0n) is 12.1. The van der Waals surface area contributed by atoms with E-state index in [1.165, 1.54) is 5.56 Å². The highest BCUT2D eigenvalue weighted by Gasteiger charge is 2.08. The van der Waals surface area contributed by atoms with Crippen LogP contribution in [0.2, 0.25) is 0 Å². The molecule has 0 amide bonds. The largest absolute Gasteiger partial charge is 0.439 e. The molecule has 3 heteroatoms. The average Bonchev–Trinajstić information content (AvgIpc) is 2.49. The van der Waals surface area contributed by atoms with Gasteiger partial charge in [0.1, 0.15) is 5.75 Å². The molecule has 0 radical (unpaired) electrons. The van der Waals surface area contributed by atoms with Crippen LogP contribution in [0.25, 0.3) is 10.9 Å². The predicted molar refractivity (Wildman–Crippen MR) is 87.3 cm³/mol. The van der Waals surface area contributed by atoms with Crippen LogP contribution in [0.4, 0.5) is 0 Å². The summed E-state index contributed by atoms with van der Waals surface area (Å²) in [6.45, 7) is 4.10. The fourth-order valence-electron chi connectivity index (χ4n) is 2.41. The number of alkyl halides is 1. The highest BCUT2D eigenvalue weighted by Crippen LogP contribution is 2.28. The van der Waals surface area contributed by atoms with Crippen molar-refractivity contribution < 1.29 is 4.74 Å². The van der Waals surface area contributed by atoms with Gasteiger partial charge in [-0.3, -0.25) is 0 Å². The summed E-state index contributed by atoms with van der Waals surface area (Å²) < 4.78 is 5.94. The fraction of sp³-hybridized carbons (Fsp3) is 0.167. The molecule has 0 unspecified atom stereocenters. The normalized spacial score (nSPS) is 10.8. The van der Waals surface area contributed by atoms with Gasteiger partial charge >= 0.3 is 0 Å². The van der Waals surface area contributed by atoms with Crippen molar-refractivity contribution in [3.8, 4) is 11.6 Å². The Bertz CT molecular complexity index is 798. The van der Waals surface area contributed by atoms with E-state index in [1.54, 1.807) is 0 Å². The molecule has 1 heterocycles. The SMILES string of the molecule is Cc1ccc(Oc2cc(CCl)c3ccccc3n2)c(C)c1. The van der Waals surface area contributed by atoms with E-state index in [4.69, 9.17) is 16.3 Å². The molecular weight excluding hydrogens is 282 g/mol. The van der Waals surface area contributed by atoms with Crippen molar-refractivity contribution in [2.24, 2.45) is 0 Å². The maximum atomic E-state index is 6.05. The van der Waals surface area contributed by atoms with E-state index in [0.29, 0.717) is 11.8 Å². The Hall–Kier alpha value is -2.06. The minimum absolute atomic E-state index is 0.437. The van der Waals surface area contributed by atoms with Gasteiger partial charge in [0.25, 0.3) is 0 Å². The third-order valence-electron chi connectivity index (χ3n) is 3.47. The van der Waals surface area contributed by atoms with Crippen LogP contribution in [-0.2, 0) is 5.88 Å². The third kappa shape index (κ3) is 2.86. The van der Waals surface area contributed by atoms with E-state index in [9.17, 15) is 0 Å². The number of pyridine rings is 1. The average molecular weight is 298 g/mol. The summed E-state index contributed by atoms with van der Waals surface area (Å²) in [7, 11) is 0. The van der Waals surface area contributed by atoms with Crippen molar-refractivity contribution in [3.63, 3.8) is 0 Å². The van der Waals surface area contributed by atoms with Crippen molar-refractivity contribution in [3.05, 3.63) is 65.2 Å². The van der Waals surface area contributed by atoms with Crippen molar-refractivity contribution in [2.45, 2.75) is 19.7 Å². The summed E-state index contributed by atoms with van der Waals surface area (Å²) in [5.41, 5.74) is 4.24. The second-order valence-corrected chi connectivity index (χ2v) is 5.41. The Morgan fingerprint density at radius 2 is 1.86 bits per heavy atom. The molecule has 0 atom stereocenters. The highest BCUT2D eigenvalue weighted by molar-refractivity contribution is 6.18. The Kier molecular flexibility index (Phi) is 3.80. The van der Waals surface area contributed by atoms with Gasteiger partial charge in [0.15, 0.2) is 0 Å². The Morgan fingerprint density at radius 1 is 1.05 bits per heavy atom. The van der Waals surface area contributed by atoms with Gasteiger partial charge < -0.3 is 4.74 Å². The molecule has 3 aromatic rings. The molecule has 0 aliphatic rings. The summed E-state index contributed by atoms with van der Waals surface area (Å²) in [6, 6.07) is 16.0. The number of ether oxygens (including phenoxy) is 1. The van der Waals surface area contributed by atoms with Gasteiger partial charge in [-0.1, -0.05) is 35.9 Å². The van der Waals surface area contributed by atoms with Crippen LogP contribution in [0.15, 0.2) is 48.5 Å². The minimum Gasteiger partial charge on any atom is -0.439 e. The van der Waals surface area contributed by atoms with E-state index in [2.05, 4.69) is 18.0 Å². The van der Waals surface area contributed by atoms with Crippen LogP contribution in [0, 0.1) is 13.8 Å². The van der Waals surface area contributed by atoms with Crippen molar-refractivity contribution in [2.75, 3.05) is 0 Å². The standard InChI is InChI=1S/C18H16ClNO/c1-12-7-8-17(13(2)9-12)21-18-10-14(11-19)15-5-3-4-6-16(15)20-18/h3-10H,11H2,1-2H3. The van der Waals surface area contributed by atoms with E-state index in [1.807, 2.05) is 49.4 Å². The van der Waals surface area contributed by atoms with E-state index in [0.717, 1.165) is 27.8 Å². The molecule has 0 bridgehead atoms. The summed E-state index contributed by atoms with van der Waals surface area (Å²) in [5.74, 6) is 1.84. The van der Waals surface area contributed by atoms with Crippen LogP contribution >= 0.6 is 11.6 Å². The zero-order chi connectivity index (χ0) is 14.8. The molecule has 0 fully saturated rings. The molecular formula is C18H16ClNO. The maximum absolute atomic E-state index is 6.05. The summed E-state index contributed by atoms with van der Waals surface area (Å²) in [4.78, 5) is 4.56. The first-order chi connectivity index (χ1) is 10.2. The quantitative estimate of drug-likeness (QED) is 0.605. The van der Waals surface area contributed by atoms with Gasteiger partial charge in [-0.05, 0) is 37.1 Å². The second-order valence-electron chi connectivity index (χ2n) is 5.14. The lowest BCUT2D eigenvalue weighted by Crippen LogP contribution is -1.94. The molecule has 0 spiro atoms.